The van der Waals surface area contributed by atoms with E-state index in [-0.39, 0.29) is 6.04 Å². The van der Waals surface area contributed by atoms with Gasteiger partial charge in [-0.2, -0.15) is 0 Å². The average molecular weight is 185 g/mol. The zero-order valence-electron chi connectivity index (χ0n) is 7.77. The molecule has 2 fully saturated rings. The Bertz CT molecular complexity index is 219. The smallest absolute Gasteiger partial charge is 0.407 e. The van der Waals surface area contributed by atoms with Crippen molar-refractivity contribution in [3.63, 3.8) is 0 Å². The molecule has 2 rings (SSSR count). The first-order valence-corrected chi connectivity index (χ1v) is 4.87. The van der Waals surface area contributed by atoms with Gasteiger partial charge >= 0.3 is 6.09 Å². The van der Waals surface area contributed by atoms with Gasteiger partial charge in [0, 0.05) is 12.6 Å². The summed E-state index contributed by atoms with van der Waals surface area (Å²) < 4.78 is 5.36. The molecule has 74 valence electrons. The molecule has 13 heavy (non-hydrogen) atoms. The van der Waals surface area contributed by atoms with Crippen molar-refractivity contribution < 1.29 is 14.6 Å². The van der Waals surface area contributed by atoms with Gasteiger partial charge in [0.2, 0.25) is 0 Å². The van der Waals surface area contributed by atoms with E-state index in [1.807, 2.05) is 6.92 Å². The molecule has 0 aromatic heterocycles. The van der Waals surface area contributed by atoms with E-state index < -0.39 is 6.09 Å². The number of carboxylic acid groups (broad SMARTS) is 1. The van der Waals surface area contributed by atoms with E-state index in [0.29, 0.717) is 18.8 Å². The molecule has 1 N–H and O–H groups in total. The summed E-state index contributed by atoms with van der Waals surface area (Å²) in [6.45, 7) is 2.46. The second-order valence-electron chi connectivity index (χ2n) is 3.75. The number of rotatable bonds is 2. The topological polar surface area (TPSA) is 53.1 Å². The van der Waals surface area contributed by atoms with Gasteiger partial charge in [-0.1, -0.05) is 0 Å². The van der Waals surface area contributed by atoms with E-state index >= 15 is 0 Å². The van der Waals surface area contributed by atoms with Crippen LogP contribution in [-0.4, -0.2) is 40.9 Å². The second kappa shape index (κ2) is 3.18. The van der Waals surface area contributed by atoms with E-state index in [0.717, 1.165) is 19.3 Å². The Labute approximate surface area is 77.5 Å². The Kier molecular flexibility index (Phi) is 2.15. The minimum Gasteiger partial charge on any atom is -0.465 e. The largest absolute Gasteiger partial charge is 0.465 e. The molecule has 4 nitrogen and oxygen atoms in total. The Morgan fingerprint density at radius 2 is 2.31 bits per heavy atom. The van der Waals surface area contributed by atoms with Crippen LogP contribution >= 0.6 is 0 Å². The summed E-state index contributed by atoms with van der Waals surface area (Å²) in [5.41, 5.74) is 0. The number of carbonyl (C=O) groups is 1. The predicted octanol–water partition coefficient (Wildman–Crippen LogP) is 1.31. The molecule has 0 spiro atoms. The molecule has 1 aliphatic carbocycles. The molecule has 3 unspecified atom stereocenters. The van der Waals surface area contributed by atoms with Crippen molar-refractivity contribution in [2.75, 3.05) is 6.54 Å². The summed E-state index contributed by atoms with van der Waals surface area (Å²) >= 11 is 0. The molecule has 0 bridgehead atoms. The van der Waals surface area contributed by atoms with Crippen molar-refractivity contribution in [2.24, 2.45) is 0 Å². The van der Waals surface area contributed by atoms with Crippen LogP contribution in [0.3, 0.4) is 0 Å². The Morgan fingerprint density at radius 3 is 2.85 bits per heavy atom. The number of hydrogen-bond donors (Lipinski definition) is 1. The SMILES string of the molecule is CCN(C(=O)O)C1CCC2OC2C1. The fourth-order valence-corrected chi connectivity index (χ4v) is 2.22. The minimum atomic E-state index is -0.799. The number of ether oxygens (including phenoxy) is 1. The standard InChI is InChI=1S/C9H15NO3/c1-2-10(9(11)12)6-3-4-7-8(5-6)13-7/h6-8H,2-5H2,1H3,(H,11,12). The molecule has 1 heterocycles. The van der Waals surface area contributed by atoms with Crippen molar-refractivity contribution in [3.8, 4) is 0 Å². The molecule has 4 heteroatoms. The van der Waals surface area contributed by atoms with Crippen LogP contribution in [0, 0.1) is 0 Å². The number of epoxide rings is 1. The molecule has 3 atom stereocenters. The lowest BCUT2D eigenvalue weighted by Gasteiger charge is -2.29. The zero-order chi connectivity index (χ0) is 9.42. The molecule has 1 amide bonds. The van der Waals surface area contributed by atoms with Crippen molar-refractivity contribution >= 4 is 6.09 Å². The van der Waals surface area contributed by atoms with Crippen LogP contribution in [-0.2, 0) is 4.74 Å². The highest BCUT2D eigenvalue weighted by atomic mass is 16.6. The highest BCUT2D eigenvalue weighted by Gasteiger charge is 2.45. The number of hydrogen-bond acceptors (Lipinski definition) is 2. The van der Waals surface area contributed by atoms with Crippen LogP contribution < -0.4 is 0 Å². The summed E-state index contributed by atoms with van der Waals surface area (Å²) in [5.74, 6) is 0. The first kappa shape index (κ1) is 8.81. The quantitative estimate of drug-likeness (QED) is 0.660. The van der Waals surface area contributed by atoms with Gasteiger partial charge in [-0.3, -0.25) is 0 Å². The molecule has 1 saturated carbocycles. The van der Waals surface area contributed by atoms with E-state index in [4.69, 9.17) is 9.84 Å². The summed E-state index contributed by atoms with van der Waals surface area (Å²) in [7, 11) is 0. The second-order valence-corrected chi connectivity index (χ2v) is 3.75. The third-order valence-corrected chi connectivity index (χ3v) is 3.00. The first-order valence-electron chi connectivity index (χ1n) is 4.87. The maximum Gasteiger partial charge on any atom is 0.407 e. The Hall–Kier alpha value is -0.770. The van der Waals surface area contributed by atoms with Crippen LogP contribution in [0.5, 0.6) is 0 Å². The predicted molar refractivity (Wildman–Crippen MR) is 46.7 cm³/mol. The molecular weight excluding hydrogens is 170 g/mol. The lowest BCUT2D eigenvalue weighted by molar-refractivity contribution is 0.117. The minimum absolute atomic E-state index is 0.186. The van der Waals surface area contributed by atoms with Gasteiger partial charge in [-0.25, -0.2) is 4.79 Å². The molecule has 1 aliphatic heterocycles. The molecule has 0 aromatic carbocycles. The van der Waals surface area contributed by atoms with Gasteiger partial charge in [0.25, 0.3) is 0 Å². The first-order chi connectivity index (χ1) is 6.22. The monoisotopic (exact) mass is 185 g/mol. The highest BCUT2D eigenvalue weighted by molar-refractivity contribution is 5.65. The van der Waals surface area contributed by atoms with Crippen molar-refractivity contribution in [3.05, 3.63) is 0 Å². The third-order valence-electron chi connectivity index (χ3n) is 3.00. The Balaban J connectivity index is 1.93. The van der Waals surface area contributed by atoms with Crippen molar-refractivity contribution in [1.29, 1.82) is 0 Å². The van der Waals surface area contributed by atoms with Crippen LogP contribution in [0.15, 0.2) is 0 Å². The molecule has 0 radical (unpaired) electrons. The van der Waals surface area contributed by atoms with E-state index in [2.05, 4.69) is 0 Å². The van der Waals surface area contributed by atoms with E-state index in [1.165, 1.54) is 4.90 Å². The van der Waals surface area contributed by atoms with Gasteiger partial charge in [-0.05, 0) is 26.2 Å². The van der Waals surface area contributed by atoms with Gasteiger partial charge in [-0.15, -0.1) is 0 Å². The van der Waals surface area contributed by atoms with Crippen molar-refractivity contribution in [2.45, 2.75) is 44.4 Å². The maximum absolute atomic E-state index is 10.8. The van der Waals surface area contributed by atoms with Crippen molar-refractivity contribution in [1.82, 2.24) is 4.90 Å². The van der Waals surface area contributed by atoms with Gasteiger partial charge in [0.1, 0.15) is 0 Å². The normalized spacial score (nSPS) is 36.5. The maximum atomic E-state index is 10.8. The van der Waals surface area contributed by atoms with Gasteiger partial charge in [0.15, 0.2) is 0 Å². The van der Waals surface area contributed by atoms with Crippen LogP contribution in [0.25, 0.3) is 0 Å². The molecule has 2 aliphatic rings. The fourth-order valence-electron chi connectivity index (χ4n) is 2.22. The summed E-state index contributed by atoms with van der Waals surface area (Å²) in [4.78, 5) is 12.4. The summed E-state index contributed by atoms with van der Waals surface area (Å²) in [6, 6.07) is 0.186. The number of fused-ring (bicyclic) bond motifs is 1. The van der Waals surface area contributed by atoms with Crippen LogP contribution in [0.4, 0.5) is 4.79 Å². The van der Waals surface area contributed by atoms with Gasteiger partial charge in [0.05, 0.1) is 12.2 Å². The number of amides is 1. The lowest BCUT2D eigenvalue weighted by Crippen LogP contribution is -2.41. The number of nitrogens with zero attached hydrogens (tertiary/aromatic N) is 1. The van der Waals surface area contributed by atoms with E-state index in [1.54, 1.807) is 0 Å². The average Bonchev–Trinajstić information content (AvgIpc) is 2.82. The van der Waals surface area contributed by atoms with Gasteiger partial charge < -0.3 is 14.7 Å². The van der Waals surface area contributed by atoms with Crippen LogP contribution in [0.2, 0.25) is 0 Å². The van der Waals surface area contributed by atoms with E-state index in [9.17, 15) is 4.79 Å². The summed E-state index contributed by atoms with van der Waals surface area (Å²) in [6.07, 6.45) is 2.88. The third kappa shape index (κ3) is 1.63. The van der Waals surface area contributed by atoms with Crippen LogP contribution in [0.1, 0.15) is 26.2 Å². The zero-order valence-corrected chi connectivity index (χ0v) is 7.77. The molecule has 0 aromatic rings. The molecular formula is C9H15NO3. The Morgan fingerprint density at radius 1 is 1.54 bits per heavy atom. The highest BCUT2D eigenvalue weighted by Crippen LogP contribution is 2.38. The molecule has 1 saturated heterocycles. The fraction of sp³-hybridized carbons (Fsp3) is 0.889. The lowest BCUT2D eigenvalue weighted by atomic mass is 9.94. The summed E-state index contributed by atoms with van der Waals surface area (Å²) in [5, 5.41) is 8.91.